The molecule has 0 saturated carbocycles. The molecule has 0 spiro atoms. The summed E-state index contributed by atoms with van der Waals surface area (Å²) < 4.78 is 40.0. The summed E-state index contributed by atoms with van der Waals surface area (Å²) in [6.45, 7) is 1.94. The normalized spacial score (nSPS) is 9.93. The van der Waals surface area contributed by atoms with E-state index in [1.807, 2.05) is 13.0 Å². The number of hydrogen-bond acceptors (Lipinski definition) is 1. The number of benzene rings is 1. The second kappa shape index (κ2) is 5.71. The predicted molar refractivity (Wildman–Crippen MR) is 53.8 cm³/mol. The molecule has 0 unspecified atom stereocenters. The van der Waals surface area contributed by atoms with Crippen LogP contribution < -0.4 is 0 Å². The van der Waals surface area contributed by atoms with Gasteiger partial charge in [-0.05, 0) is 18.6 Å². The highest BCUT2D eigenvalue weighted by Crippen LogP contribution is 2.21. The number of rotatable bonds is 0. The van der Waals surface area contributed by atoms with Gasteiger partial charge in [-0.25, -0.2) is 0 Å². The fourth-order valence-electron chi connectivity index (χ4n) is 0.691. The van der Waals surface area contributed by atoms with E-state index in [1.54, 1.807) is 12.1 Å². The lowest BCUT2D eigenvalue weighted by molar-refractivity contribution is 0.368. The summed E-state index contributed by atoms with van der Waals surface area (Å²) in [4.78, 5) is 3.05. The van der Waals surface area contributed by atoms with Crippen LogP contribution >= 0.6 is 15.9 Å². The molecule has 0 aromatic heterocycles. The van der Waals surface area contributed by atoms with Crippen molar-refractivity contribution in [2.24, 2.45) is 0 Å². The van der Waals surface area contributed by atoms with Crippen LogP contribution in [0.5, 0.6) is 0 Å². The van der Waals surface area contributed by atoms with Crippen molar-refractivity contribution in [2.45, 2.75) is 6.92 Å². The Morgan fingerprint density at radius 2 is 1.73 bits per heavy atom. The average molecular weight is 285 g/mol. The van der Waals surface area contributed by atoms with E-state index in [1.165, 1.54) is 0 Å². The molecule has 0 bridgehead atoms. The van der Waals surface area contributed by atoms with Crippen LogP contribution in [-0.4, -0.2) is 7.25 Å². The Morgan fingerprint density at radius 1 is 1.27 bits per heavy atom. The van der Waals surface area contributed by atoms with Crippen LogP contribution in [-0.2, 0) is 0 Å². The van der Waals surface area contributed by atoms with E-state index in [2.05, 4.69) is 20.9 Å². The van der Waals surface area contributed by atoms with E-state index in [0.717, 1.165) is 10.0 Å². The van der Waals surface area contributed by atoms with Crippen molar-refractivity contribution in [1.29, 1.82) is 5.39 Å². The molecule has 0 radical (unpaired) electrons. The number of diazo groups is 1. The van der Waals surface area contributed by atoms with Gasteiger partial charge in [0.15, 0.2) is 4.98 Å². The summed E-state index contributed by atoms with van der Waals surface area (Å²) in [7, 11) is -6.00. The molecular formula is C7H6BBrF4N2. The van der Waals surface area contributed by atoms with E-state index in [9.17, 15) is 17.3 Å². The Balaban J connectivity index is 0.000000336. The van der Waals surface area contributed by atoms with Gasteiger partial charge in [0, 0.05) is 16.6 Å². The standard InChI is InChI=1S/C7H6BrN2.BF4/c1-5-4-6(10-9)2-3-7(5)8;2-1(3,4)5/h2-4H,1H3;/q+1;-1. The van der Waals surface area contributed by atoms with E-state index in [0.29, 0.717) is 5.69 Å². The lowest BCUT2D eigenvalue weighted by atomic mass is 10.2. The van der Waals surface area contributed by atoms with Crippen molar-refractivity contribution < 1.29 is 17.3 Å². The smallest absolute Gasteiger partial charge is 0.418 e. The number of nitrogens with zero attached hydrogens (tertiary/aromatic N) is 2. The average Bonchev–Trinajstić information content (AvgIpc) is 2.07. The van der Waals surface area contributed by atoms with Gasteiger partial charge < -0.3 is 17.3 Å². The van der Waals surface area contributed by atoms with Crippen LogP contribution in [0.3, 0.4) is 0 Å². The van der Waals surface area contributed by atoms with E-state index < -0.39 is 7.25 Å². The largest absolute Gasteiger partial charge is 0.673 e. The summed E-state index contributed by atoms with van der Waals surface area (Å²) >= 11 is 3.34. The predicted octanol–water partition coefficient (Wildman–Crippen LogP) is 4.54. The molecule has 0 aliphatic carbocycles. The maximum atomic E-state index is 9.75. The van der Waals surface area contributed by atoms with Gasteiger partial charge in [-0.15, -0.1) is 0 Å². The summed E-state index contributed by atoms with van der Waals surface area (Å²) in [6, 6.07) is 5.38. The van der Waals surface area contributed by atoms with Crippen molar-refractivity contribution in [3.05, 3.63) is 33.2 Å². The van der Waals surface area contributed by atoms with Crippen LogP contribution in [0.4, 0.5) is 23.0 Å². The molecule has 15 heavy (non-hydrogen) atoms. The van der Waals surface area contributed by atoms with Crippen LogP contribution in [0.2, 0.25) is 0 Å². The molecule has 0 heterocycles. The molecule has 1 aromatic rings. The van der Waals surface area contributed by atoms with Crippen LogP contribution in [0.25, 0.3) is 4.98 Å². The fraction of sp³-hybridized carbons (Fsp3) is 0.143. The SMILES string of the molecule is Cc1cc([N+]#N)ccc1Br.F[B-](F)(F)F. The quantitative estimate of drug-likeness (QED) is 0.390. The third-order valence-electron chi connectivity index (χ3n) is 1.26. The highest BCUT2D eigenvalue weighted by molar-refractivity contribution is 9.10. The molecule has 0 saturated heterocycles. The molecule has 8 heteroatoms. The lowest BCUT2D eigenvalue weighted by Crippen LogP contribution is -2.02. The van der Waals surface area contributed by atoms with Crippen molar-refractivity contribution in [3.63, 3.8) is 0 Å². The summed E-state index contributed by atoms with van der Waals surface area (Å²) in [5, 5.41) is 8.36. The minimum Gasteiger partial charge on any atom is -0.418 e. The Kier molecular flexibility index (Phi) is 5.29. The summed E-state index contributed by atoms with van der Waals surface area (Å²) in [5.74, 6) is 0. The molecule has 0 aliphatic heterocycles. The Morgan fingerprint density at radius 3 is 2.07 bits per heavy atom. The first-order valence-corrected chi connectivity index (χ1v) is 4.52. The Bertz CT molecular complexity index is 368. The van der Waals surface area contributed by atoms with Gasteiger partial charge in [0.1, 0.15) is 0 Å². The monoisotopic (exact) mass is 284 g/mol. The molecule has 1 aromatic carbocycles. The zero-order valence-electron chi connectivity index (χ0n) is 7.59. The molecule has 2 nitrogen and oxygen atoms in total. The first-order valence-electron chi connectivity index (χ1n) is 3.72. The number of hydrogen-bond donors (Lipinski definition) is 0. The molecule has 0 aliphatic rings. The van der Waals surface area contributed by atoms with Gasteiger partial charge in [-0.2, -0.15) is 0 Å². The molecule has 0 amide bonds. The number of halogens is 5. The van der Waals surface area contributed by atoms with E-state index in [-0.39, 0.29) is 0 Å². The van der Waals surface area contributed by atoms with E-state index >= 15 is 0 Å². The fourth-order valence-corrected chi connectivity index (χ4v) is 0.938. The minimum absolute atomic E-state index is 0.584. The first kappa shape index (κ1) is 13.9. The highest BCUT2D eigenvalue weighted by Gasteiger charge is 2.20. The second-order valence-electron chi connectivity index (χ2n) is 2.53. The molecule has 0 atom stereocenters. The van der Waals surface area contributed by atoms with Crippen molar-refractivity contribution in [1.82, 2.24) is 0 Å². The summed E-state index contributed by atoms with van der Waals surface area (Å²) in [5.41, 5.74) is 1.65. The Labute approximate surface area is 92.1 Å². The van der Waals surface area contributed by atoms with Gasteiger partial charge in [0.25, 0.3) is 0 Å². The van der Waals surface area contributed by atoms with E-state index in [4.69, 9.17) is 5.39 Å². The van der Waals surface area contributed by atoms with Crippen molar-refractivity contribution >= 4 is 28.9 Å². The molecular weight excluding hydrogens is 279 g/mol. The molecule has 0 fully saturated rings. The van der Waals surface area contributed by atoms with Gasteiger partial charge in [0.05, 0.1) is 0 Å². The number of aryl methyl sites for hydroxylation is 1. The van der Waals surface area contributed by atoms with Gasteiger partial charge in [0.2, 0.25) is 5.39 Å². The third kappa shape index (κ3) is 7.94. The maximum absolute atomic E-state index is 9.75. The topological polar surface area (TPSA) is 28.1 Å². The molecule has 82 valence electrons. The Hall–Kier alpha value is -1.10. The van der Waals surface area contributed by atoms with Crippen LogP contribution in [0.15, 0.2) is 22.7 Å². The lowest BCUT2D eigenvalue weighted by Gasteiger charge is -1.94. The van der Waals surface area contributed by atoms with Gasteiger partial charge in [-0.1, -0.05) is 15.9 Å². The molecule has 0 N–H and O–H groups in total. The van der Waals surface area contributed by atoms with Crippen molar-refractivity contribution in [3.8, 4) is 0 Å². The van der Waals surface area contributed by atoms with Gasteiger partial charge >= 0.3 is 12.9 Å². The van der Waals surface area contributed by atoms with Gasteiger partial charge in [-0.3, -0.25) is 0 Å². The zero-order valence-corrected chi connectivity index (χ0v) is 9.18. The first-order chi connectivity index (χ1) is 6.74. The zero-order chi connectivity index (χ0) is 12.1. The minimum atomic E-state index is -6.00. The maximum Gasteiger partial charge on any atom is 0.673 e. The molecule has 1 rings (SSSR count). The third-order valence-corrected chi connectivity index (χ3v) is 2.15. The summed E-state index contributed by atoms with van der Waals surface area (Å²) in [6.07, 6.45) is 0. The van der Waals surface area contributed by atoms with Crippen LogP contribution in [0.1, 0.15) is 5.56 Å². The van der Waals surface area contributed by atoms with Crippen molar-refractivity contribution in [2.75, 3.05) is 0 Å². The second-order valence-corrected chi connectivity index (χ2v) is 3.38. The highest BCUT2D eigenvalue weighted by atomic mass is 79.9. The van der Waals surface area contributed by atoms with Crippen LogP contribution in [0, 0.1) is 12.3 Å².